The van der Waals surface area contributed by atoms with Gasteiger partial charge in [-0.1, -0.05) is 6.07 Å². The molecular formula is C14H14F2N4O3. The second-order valence-electron chi connectivity index (χ2n) is 5.55. The second kappa shape index (κ2) is 5.36. The molecule has 9 heteroatoms. The molecule has 0 unspecified atom stereocenters. The van der Waals surface area contributed by atoms with Crippen LogP contribution in [0, 0.1) is 0 Å². The third kappa shape index (κ3) is 2.68. The lowest BCUT2D eigenvalue weighted by atomic mass is 9.86. The van der Waals surface area contributed by atoms with Crippen LogP contribution < -0.4 is 0 Å². The van der Waals surface area contributed by atoms with Crippen molar-refractivity contribution in [3.63, 3.8) is 0 Å². The van der Waals surface area contributed by atoms with Crippen LogP contribution in [-0.4, -0.2) is 60.2 Å². The summed E-state index contributed by atoms with van der Waals surface area (Å²) in [6, 6.07) is 3.55. The summed E-state index contributed by atoms with van der Waals surface area (Å²) in [5, 5.41) is 18.2. The summed E-state index contributed by atoms with van der Waals surface area (Å²) in [4.78, 5) is 20.2. The molecule has 2 aromatic rings. The Kier molecular flexibility index (Phi) is 3.61. The predicted octanol–water partition coefficient (Wildman–Crippen LogP) is 0.534. The highest BCUT2D eigenvalue weighted by molar-refractivity contribution is 5.77. The quantitative estimate of drug-likeness (QED) is 0.834. The third-order valence-corrected chi connectivity index (χ3v) is 3.81. The number of rotatable bonds is 5. The van der Waals surface area contributed by atoms with Crippen molar-refractivity contribution in [2.75, 3.05) is 13.1 Å². The second-order valence-corrected chi connectivity index (χ2v) is 5.55. The molecular weight excluding hydrogens is 310 g/mol. The number of carboxylic acid groups (broad SMARTS) is 1. The number of nitrogens with zero attached hydrogens (tertiary/aromatic N) is 4. The molecule has 0 amide bonds. The van der Waals surface area contributed by atoms with Crippen LogP contribution in [0.5, 0.6) is 0 Å². The SMILES string of the molecule is O=C(O)C(F)(F)C1(O)CN(Cc2ccc(-n3ccnc3)nc2)C1. The van der Waals surface area contributed by atoms with Gasteiger partial charge < -0.3 is 10.2 Å². The van der Waals surface area contributed by atoms with E-state index in [2.05, 4.69) is 9.97 Å². The first-order valence-electron chi connectivity index (χ1n) is 6.81. The van der Waals surface area contributed by atoms with E-state index in [9.17, 15) is 18.7 Å². The van der Waals surface area contributed by atoms with Crippen LogP contribution in [0.2, 0.25) is 0 Å². The highest BCUT2D eigenvalue weighted by atomic mass is 19.3. The molecule has 1 fully saturated rings. The van der Waals surface area contributed by atoms with Crippen LogP contribution in [0.15, 0.2) is 37.1 Å². The van der Waals surface area contributed by atoms with Crippen LogP contribution in [0.25, 0.3) is 5.82 Å². The van der Waals surface area contributed by atoms with E-state index in [0.29, 0.717) is 12.4 Å². The molecule has 2 aromatic heterocycles. The van der Waals surface area contributed by atoms with E-state index in [1.54, 1.807) is 41.6 Å². The first-order valence-corrected chi connectivity index (χ1v) is 6.81. The fourth-order valence-corrected chi connectivity index (χ4v) is 2.52. The zero-order chi connectivity index (χ0) is 16.7. The van der Waals surface area contributed by atoms with Gasteiger partial charge in [-0.3, -0.25) is 9.47 Å². The number of carboxylic acids is 1. The van der Waals surface area contributed by atoms with Crippen LogP contribution >= 0.6 is 0 Å². The molecule has 2 N–H and O–H groups in total. The summed E-state index contributed by atoms with van der Waals surface area (Å²) in [6.45, 7) is -0.514. The summed E-state index contributed by atoms with van der Waals surface area (Å²) >= 11 is 0. The first kappa shape index (κ1) is 15.5. The maximum atomic E-state index is 13.4. The molecule has 1 aliphatic rings. The van der Waals surface area contributed by atoms with Gasteiger partial charge in [0.25, 0.3) is 0 Å². The molecule has 0 saturated carbocycles. The van der Waals surface area contributed by atoms with E-state index in [-0.39, 0.29) is 0 Å². The number of imidazole rings is 1. The first-order chi connectivity index (χ1) is 10.8. The Bertz CT molecular complexity index is 697. The minimum absolute atomic E-state index is 0.301. The van der Waals surface area contributed by atoms with Crippen LogP contribution in [-0.2, 0) is 11.3 Å². The van der Waals surface area contributed by atoms with Gasteiger partial charge in [-0.15, -0.1) is 0 Å². The summed E-state index contributed by atoms with van der Waals surface area (Å²) in [7, 11) is 0. The lowest BCUT2D eigenvalue weighted by Crippen LogP contribution is -2.71. The highest BCUT2D eigenvalue weighted by Gasteiger charge is 2.64. The molecule has 0 aromatic carbocycles. The molecule has 0 radical (unpaired) electrons. The van der Waals surface area contributed by atoms with E-state index >= 15 is 0 Å². The van der Waals surface area contributed by atoms with Gasteiger partial charge in [-0.05, 0) is 11.6 Å². The fourth-order valence-electron chi connectivity index (χ4n) is 2.52. The number of hydrogen-bond acceptors (Lipinski definition) is 5. The molecule has 23 heavy (non-hydrogen) atoms. The zero-order valence-electron chi connectivity index (χ0n) is 11.9. The molecule has 1 aliphatic heterocycles. The van der Waals surface area contributed by atoms with E-state index < -0.39 is 30.6 Å². The molecule has 0 spiro atoms. The maximum Gasteiger partial charge on any atom is 0.377 e. The van der Waals surface area contributed by atoms with Gasteiger partial charge in [0.2, 0.25) is 0 Å². The normalized spacial score (nSPS) is 17.7. The Morgan fingerprint density at radius 3 is 2.65 bits per heavy atom. The van der Waals surface area contributed by atoms with Crippen molar-refractivity contribution in [1.29, 1.82) is 0 Å². The van der Waals surface area contributed by atoms with Gasteiger partial charge in [0.1, 0.15) is 12.1 Å². The number of hydrogen-bond donors (Lipinski definition) is 2. The number of carbonyl (C=O) groups is 1. The number of likely N-dealkylation sites (tertiary alicyclic amines) is 1. The van der Waals surface area contributed by atoms with Crippen molar-refractivity contribution in [2.45, 2.75) is 18.1 Å². The largest absolute Gasteiger partial charge is 0.477 e. The van der Waals surface area contributed by atoms with E-state index in [1.807, 2.05) is 0 Å². The van der Waals surface area contributed by atoms with Gasteiger partial charge >= 0.3 is 11.9 Å². The molecule has 3 rings (SSSR count). The number of aromatic nitrogens is 3. The Morgan fingerprint density at radius 2 is 2.13 bits per heavy atom. The highest BCUT2D eigenvalue weighted by Crippen LogP contribution is 2.37. The minimum atomic E-state index is -4.16. The van der Waals surface area contributed by atoms with E-state index in [0.717, 1.165) is 5.56 Å². The minimum Gasteiger partial charge on any atom is -0.477 e. The third-order valence-electron chi connectivity index (χ3n) is 3.81. The van der Waals surface area contributed by atoms with Crippen molar-refractivity contribution in [1.82, 2.24) is 19.4 Å². The summed E-state index contributed by atoms with van der Waals surface area (Å²) in [6.07, 6.45) is 6.57. The molecule has 122 valence electrons. The van der Waals surface area contributed by atoms with Gasteiger partial charge in [0.15, 0.2) is 5.60 Å². The summed E-state index contributed by atoms with van der Waals surface area (Å²) < 4.78 is 28.5. The van der Waals surface area contributed by atoms with Crippen molar-refractivity contribution in [2.24, 2.45) is 0 Å². The average Bonchev–Trinajstić information content (AvgIpc) is 3.00. The van der Waals surface area contributed by atoms with Gasteiger partial charge in [0, 0.05) is 38.2 Å². The van der Waals surface area contributed by atoms with Crippen LogP contribution in [0.3, 0.4) is 0 Å². The van der Waals surface area contributed by atoms with E-state index in [1.165, 1.54) is 4.90 Å². The van der Waals surface area contributed by atoms with Crippen molar-refractivity contribution < 1.29 is 23.8 Å². The number of β-amino-alcohol motifs (C(OH)–C–C–N with tert-alkyl or cyclic N) is 1. The Hall–Kier alpha value is -2.39. The molecule has 0 aliphatic carbocycles. The summed E-state index contributed by atoms with van der Waals surface area (Å²) in [5.74, 6) is -5.80. The predicted molar refractivity (Wildman–Crippen MR) is 74.2 cm³/mol. The van der Waals surface area contributed by atoms with Crippen LogP contribution in [0.4, 0.5) is 8.78 Å². The van der Waals surface area contributed by atoms with Gasteiger partial charge in [0.05, 0.1) is 0 Å². The topological polar surface area (TPSA) is 91.5 Å². The maximum absolute atomic E-state index is 13.4. The number of aliphatic hydroxyl groups is 1. The standard InChI is InChI=1S/C14H14F2N4O3/c15-14(16,12(21)22)13(23)7-19(8-13)6-10-1-2-11(18-5-10)20-4-3-17-9-20/h1-5,9,23H,6-8H2,(H,21,22). The smallest absolute Gasteiger partial charge is 0.377 e. The Morgan fingerprint density at radius 1 is 1.39 bits per heavy atom. The number of aliphatic carboxylic acids is 1. The number of halogens is 2. The molecule has 1 saturated heterocycles. The molecule has 0 bridgehead atoms. The van der Waals surface area contributed by atoms with Crippen molar-refractivity contribution >= 4 is 5.97 Å². The average molecular weight is 324 g/mol. The summed E-state index contributed by atoms with van der Waals surface area (Å²) in [5.41, 5.74) is -1.75. The monoisotopic (exact) mass is 324 g/mol. The Labute approximate surface area is 129 Å². The van der Waals surface area contributed by atoms with Crippen LogP contribution in [0.1, 0.15) is 5.56 Å². The zero-order valence-corrected chi connectivity index (χ0v) is 11.9. The van der Waals surface area contributed by atoms with Gasteiger partial charge in [-0.25, -0.2) is 14.8 Å². The lowest BCUT2D eigenvalue weighted by Gasteiger charge is -2.48. The molecule has 7 nitrogen and oxygen atoms in total. The van der Waals surface area contributed by atoms with E-state index in [4.69, 9.17) is 5.11 Å². The lowest BCUT2D eigenvalue weighted by molar-refractivity contribution is -0.246. The fraction of sp³-hybridized carbons (Fsp3) is 0.357. The van der Waals surface area contributed by atoms with Crippen molar-refractivity contribution in [3.05, 3.63) is 42.6 Å². The molecule has 0 atom stereocenters. The molecule has 3 heterocycles. The van der Waals surface area contributed by atoms with Gasteiger partial charge in [-0.2, -0.15) is 8.78 Å². The number of pyridine rings is 1. The number of alkyl halides is 2. The van der Waals surface area contributed by atoms with Crippen molar-refractivity contribution in [3.8, 4) is 5.82 Å². The Balaban J connectivity index is 1.61.